The first-order valence-corrected chi connectivity index (χ1v) is 7.31. The summed E-state index contributed by atoms with van der Waals surface area (Å²) in [5.41, 5.74) is 1.23. The fourth-order valence-electron chi connectivity index (χ4n) is 1.31. The van der Waals surface area contributed by atoms with Crippen LogP contribution in [0.3, 0.4) is 0 Å². The second kappa shape index (κ2) is 7.20. The van der Waals surface area contributed by atoms with E-state index in [1.165, 1.54) is 5.56 Å². The number of nitrogens with one attached hydrogen (secondary N) is 1. The van der Waals surface area contributed by atoms with Gasteiger partial charge in [-0.2, -0.15) is 11.8 Å². The molecule has 0 radical (unpaired) electrons. The molecule has 0 spiro atoms. The van der Waals surface area contributed by atoms with E-state index in [9.17, 15) is 0 Å². The Kier molecular flexibility index (Phi) is 6.24. The lowest BCUT2D eigenvalue weighted by Crippen LogP contribution is -2.22. The second-order valence-electron chi connectivity index (χ2n) is 3.63. The molecule has 0 aromatic heterocycles. The first-order valence-electron chi connectivity index (χ1n) is 5.23. The van der Waals surface area contributed by atoms with Crippen LogP contribution in [0.25, 0.3) is 0 Å². The molecular formula is C12H18BrNOS. The SMILES string of the molecule is COc1ccc(Br)c(CNCC(C)SC)c1. The zero-order valence-electron chi connectivity index (χ0n) is 9.92. The summed E-state index contributed by atoms with van der Waals surface area (Å²) in [6.07, 6.45) is 2.13. The van der Waals surface area contributed by atoms with Gasteiger partial charge >= 0.3 is 0 Å². The average Bonchev–Trinajstić information content (AvgIpc) is 2.31. The van der Waals surface area contributed by atoms with Gasteiger partial charge in [-0.1, -0.05) is 22.9 Å². The molecule has 0 saturated carbocycles. The van der Waals surface area contributed by atoms with Crippen molar-refractivity contribution in [3.8, 4) is 5.75 Å². The third-order valence-electron chi connectivity index (χ3n) is 2.40. The van der Waals surface area contributed by atoms with E-state index in [1.54, 1.807) is 7.11 Å². The molecule has 0 amide bonds. The Morgan fingerprint density at radius 2 is 2.25 bits per heavy atom. The maximum atomic E-state index is 5.21. The summed E-state index contributed by atoms with van der Waals surface area (Å²) in [4.78, 5) is 0. The quantitative estimate of drug-likeness (QED) is 0.871. The summed E-state index contributed by atoms with van der Waals surface area (Å²) in [5.74, 6) is 0.901. The molecule has 0 saturated heterocycles. The number of benzene rings is 1. The molecule has 90 valence electrons. The first-order chi connectivity index (χ1) is 7.67. The molecule has 0 heterocycles. The molecule has 0 bridgehead atoms. The standard InChI is InChI=1S/C12H18BrNOS/c1-9(16-3)7-14-8-10-6-11(15-2)4-5-12(10)13/h4-6,9,14H,7-8H2,1-3H3. The van der Waals surface area contributed by atoms with E-state index in [4.69, 9.17) is 4.74 Å². The zero-order chi connectivity index (χ0) is 12.0. The van der Waals surface area contributed by atoms with Crippen molar-refractivity contribution in [2.45, 2.75) is 18.7 Å². The van der Waals surface area contributed by atoms with Crippen LogP contribution in [-0.2, 0) is 6.54 Å². The van der Waals surface area contributed by atoms with Crippen LogP contribution in [0.15, 0.2) is 22.7 Å². The minimum atomic E-state index is 0.643. The molecule has 1 unspecified atom stereocenters. The van der Waals surface area contributed by atoms with Crippen LogP contribution >= 0.6 is 27.7 Å². The smallest absolute Gasteiger partial charge is 0.119 e. The van der Waals surface area contributed by atoms with Gasteiger partial charge in [0.05, 0.1) is 7.11 Å². The van der Waals surface area contributed by atoms with Crippen molar-refractivity contribution >= 4 is 27.7 Å². The van der Waals surface area contributed by atoms with Crippen molar-refractivity contribution in [2.24, 2.45) is 0 Å². The summed E-state index contributed by atoms with van der Waals surface area (Å²) in [6, 6.07) is 6.03. The van der Waals surface area contributed by atoms with Crippen LogP contribution in [0.5, 0.6) is 5.75 Å². The molecule has 0 aliphatic heterocycles. The predicted molar refractivity (Wildman–Crippen MR) is 75.4 cm³/mol. The Bertz CT molecular complexity index is 333. The maximum absolute atomic E-state index is 5.21. The highest BCUT2D eigenvalue weighted by molar-refractivity contribution is 9.10. The Balaban J connectivity index is 2.52. The van der Waals surface area contributed by atoms with Gasteiger partial charge in [0.25, 0.3) is 0 Å². The minimum absolute atomic E-state index is 0.643. The molecule has 1 atom stereocenters. The predicted octanol–water partition coefficient (Wildman–Crippen LogP) is 3.30. The van der Waals surface area contributed by atoms with Crippen molar-refractivity contribution in [1.29, 1.82) is 0 Å². The number of methoxy groups -OCH3 is 1. The lowest BCUT2D eigenvalue weighted by Gasteiger charge is -2.11. The Hall–Kier alpha value is -0.190. The monoisotopic (exact) mass is 303 g/mol. The highest BCUT2D eigenvalue weighted by atomic mass is 79.9. The molecule has 0 fully saturated rings. The molecule has 0 aliphatic rings. The number of halogens is 1. The van der Waals surface area contributed by atoms with Gasteiger partial charge in [-0.25, -0.2) is 0 Å². The van der Waals surface area contributed by atoms with Crippen molar-refractivity contribution < 1.29 is 4.74 Å². The van der Waals surface area contributed by atoms with Crippen LogP contribution in [0.1, 0.15) is 12.5 Å². The summed E-state index contributed by atoms with van der Waals surface area (Å²) in [6.45, 7) is 4.10. The van der Waals surface area contributed by atoms with Crippen molar-refractivity contribution in [3.63, 3.8) is 0 Å². The van der Waals surface area contributed by atoms with E-state index in [0.29, 0.717) is 5.25 Å². The molecule has 2 nitrogen and oxygen atoms in total. The highest BCUT2D eigenvalue weighted by Crippen LogP contribution is 2.22. The van der Waals surface area contributed by atoms with Crippen LogP contribution in [0.4, 0.5) is 0 Å². The molecule has 4 heteroatoms. The third kappa shape index (κ3) is 4.36. The Morgan fingerprint density at radius 1 is 1.50 bits per heavy atom. The van der Waals surface area contributed by atoms with Crippen LogP contribution in [-0.4, -0.2) is 25.2 Å². The van der Waals surface area contributed by atoms with Crippen molar-refractivity contribution in [3.05, 3.63) is 28.2 Å². The van der Waals surface area contributed by atoms with E-state index in [-0.39, 0.29) is 0 Å². The number of hydrogen-bond donors (Lipinski definition) is 1. The topological polar surface area (TPSA) is 21.3 Å². The van der Waals surface area contributed by atoms with Gasteiger partial charge in [-0.15, -0.1) is 0 Å². The second-order valence-corrected chi connectivity index (χ2v) is 5.77. The van der Waals surface area contributed by atoms with Gasteiger partial charge in [-0.05, 0) is 30.0 Å². The summed E-state index contributed by atoms with van der Waals surface area (Å²) in [5, 5.41) is 4.08. The van der Waals surface area contributed by atoms with Gasteiger partial charge in [0, 0.05) is 22.8 Å². The number of rotatable bonds is 6. The van der Waals surface area contributed by atoms with Gasteiger partial charge in [0.2, 0.25) is 0 Å². The lowest BCUT2D eigenvalue weighted by molar-refractivity contribution is 0.414. The van der Waals surface area contributed by atoms with Crippen molar-refractivity contribution in [1.82, 2.24) is 5.32 Å². The van der Waals surface area contributed by atoms with Gasteiger partial charge in [0.15, 0.2) is 0 Å². The van der Waals surface area contributed by atoms with Gasteiger partial charge in [-0.3, -0.25) is 0 Å². The molecule has 1 aromatic rings. The molecule has 1 rings (SSSR count). The molecule has 16 heavy (non-hydrogen) atoms. The van der Waals surface area contributed by atoms with Crippen LogP contribution in [0.2, 0.25) is 0 Å². The molecule has 0 aliphatic carbocycles. The third-order valence-corrected chi connectivity index (χ3v) is 4.15. The Morgan fingerprint density at radius 3 is 2.88 bits per heavy atom. The lowest BCUT2D eigenvalue weighted by atomic mass is 10.2. The summed E-state index contributed by atoms with van der Waals surface area (Å²) in [7, 11) is 1.69. The zero-order valence-corrected chi connectivity index (χ0v) is 12.3. The highest BCUT2D eigenvalue weighted by Gasteiger charge is 2.03. The number of thioether (sulfide) groups is 1. The largest absolute Gasteiger partial charge is 0.497 e. The fraction of sp³-hybridized carbons (Fsp3) is 0.500. The number of ether oxygens (including phenoxy) is 1. The molecule has 1 N–H and O–H groups in total. The summed E-state index contributed by atoms with van der Waals surface area (Å²) < 4.78 is 6.33. The van der Waals surface area contributed by atoms with E-state index in [2.05, 4.69) is 40.5 Å². The van der Waals surface area contributed by atoms with Crippen LogP contribution < -0.4 is 10.1 Å². The van der Waals surface area contributed by atoms with Gasteiger partial charge in [0.1, 0.15) is 5.75 Å². The summed E-state index contributed by atoms with van der Waals surface area (Å²) >= 11 is 5.42. The molecule has 1 aromatic carbocycles. The maximum Gasteiger partial charge on any atom is 0.119 e. The number of hydrogen-bond acceptors (Lipinski definition) is 3. The normalized spacial score (nSPS) is 12.5. The first kappa shape index (κ1) is 13.9. The molecular weight excluding hydrogens is 286 g/mol. The van der Waals surface area contributed by atoms with Crippen molar-refractivity contribution in [2.75, 3.05) is 19.9 Å². The van der Waals surface area contributed by atoms with Gasteiger partial charge < -0.3 is 10.1 Å². The van der Waals surface area contributed by atoms with Crippen LogP contribution in [0, 0.1) is 0 Å². The van der Waals surface area contributed by atoms with E-state index in [0.717, 1.165) is 23.3 Å². The van der Waals surface area contributed by atoms with E-state index in [1.807, 2.05) is 23.9 Å². The Labute approximate surface area is 110 Å². The van der Waals surface area contributed by atoms with E-state index >= 15 is 0 Å². The minimum Gasteiger partial charge on any atom is -0.497 e. The average molecular weight is 304 g/mol. The fourth-order valence-corrected chi connectivity index (χ4v) is 1.98. The van der Waals surface area contributed by atoms with E-state index < -0.39 is 0 Å².